The molecule has 0 saturated carbocycles. The van der Waals surface area contributed by atoms with Crippen molar-refractivity contribution in [2.45, 2.75) is 37.9 Å². The van der Waals surface area contributed by atoms with E-state index in [4.69, 9.17) is 9.47 Å². The van der Waals surface area contributed by atoms with Gasteiger partial charge in [-0.05, 0) is 24.6 Å². The highest BCUT2D eigenvalue weighted by Gasteiger charge is 2.38. The lowest BCUT2D eigenvalue weighted by Crippen LogP contribution is -2.38. The Balaban J connectivity index is 2.36. The Bertz CT molecular complexity index is 422. The van der Waals surface area contributed by atoms with E-state index in [0.717, 1.165) is 6.42 Å². The van der Waals surface area contributed by atoms with Crippen LogP contribution >= 0.6 is 0 Å². The van der Waals surface area contributed by atoms with Crippen LogP contribution in [0.2, 0.25) is 0 Å². The fourth-order valence-electron chi connectivity index (χ4n) is 2.48. The van der Waals surface area contributed by atoms with E-state index in [1.165, 1.54) is 19.2 Å². The number of benzene rings is 1. The van der Waals surface area contributed by atoms with Crippen LogP contribution in [0.15, 0.2) is 18.2 Å². The maximum absolute atomic E-state index is 13.4. The first-order valence-corrected chi connectivity index (χ1v) is 6.27. The second kappa shape index (κ2) is 5.24. The third-order valence-corrected chi connectivity index (χ3v) is 3.55. The highest BCUT2D eigenvalue weighted by Crippen LogP contribution is 2.40. The first kappa shape index (κ1) is 13.3. The van der Waals surface area contributed by atoms with E-state index in [1.54, 1.807) is 6.07 Å². The van der Waals surface area contributed by atoms with E-state index >= 15 is 0 Å². The molecule has 1 fully saturated rings. The molecule has 0 aliphatic carbocycles. The number of hydrogen-bond acceptors (Lipinski definition) is 3. The Kier molecular flexibility index (Phi) is 3.88. The first-order chi connectivity index (χ1) is 8.59. The van der Waals surface area contributed by atoms with Crippen molar-refractivity contribution in [2.75, 3.05) is 13.7 Å². The molecular weight excluding hydrogens is 235 g/mol. The molecule has 1 aliphatic rings. The number of methoxy groups -OCH3 is 1. The smallest absolute Gasteiger partial charge is 0.125 e. The Morgan fingerprint density at radius 2 is 2.33 bits per heavy atom. The van der Waals surface area contributed by atoms with Crippen molar-refractivity contribution in [3.8, 4) is 5.75 Å². The third-order valence-electron chi connectivity index (χ3n) is 3.55. The van der Waals surface area contributed by atoms with Gasteiger partial charge in [0.15, 0.2) is 0 Å². The molecule has 100 valence electrons. The van der Waals surface area contributed by atoms with Crippen molar-refractivity contribution in [2.24, 2.45) is 0 Å². The van der Waals surface area contributed by atoms with Gasteiger partial charge in [0.25, 0.3) is 0 Å². The normalized spacial score (nSPS) is 28.1. The maximum atomic E-state index is 13.4. The zero-order valence-corrected chi connectivity index (χ0v) is 10.8. The molecule has 1 saturated heterocycles. The Labute approximate surface area is 107 Å². The molecule has 1 aromatic rings. The molecule has 4 heteroatoms. The third kappa shape index (κ3) is 2.49. The maximum Gasteiger partial charge on any atom is 0.125 e. The molecule has 2 unspecified atom stereocenters. The Hall–Kier alpha value is -1.13. The molecule has 0 spiro atoms. The van der Waals surface area contributed by atoms with Gasteiger partial charge < -0.3 is 14.6 Å². The zero-order chi connectivity index (χ0) is 13.2. The Morgan fingerprint density at radius 1 is 1.56 bits per heavy atom. The van der Waals surface area contributed by atoms with Crippen LogP contribution in [0.3, 0.4) is 0 Å². The molecule has 2 atom stereocenters. The van der Waals surface area contributed by atoms with Crippen molar-refractivity contribution in [3.05, 3.63) is 29.6 Å². The summed E-state index contributed by atoms with van der Waals surface area (Å²) >= 11 is 0. The summed E-state index contributed by atoms with van der Waals surface area (Å²) in [6.45, 7) is 2.49. The van der Waals surface area contributed by atoms with E-state index in [9.17, 15) is 9.50 Å². The lowest BCUT2D eigenvalue weighted by atomic mass is 9.82. The topological polar surface area (TPSA) is 38.7 Å². The fourth-order valence-corrected chi connectivity index (χ4v) is 2.48. The first-order valence-electron chi connectivity index (χ1n) is 6.27. The fraction of sp³-hybridized carbons (Fsp3) is 0.571. The van der Waals surface area contributed by atoms with E-state index in [1.807, 2.05) is 6.92 Å². The summed E-state index contributed by atoms with van der Waals surface area (Å²) < 4.78 is 24.2. The summed E-state index contributed by atoms with van der Waals surface area (Å²) in [4.78, 5) is 0. The minimum atomic E-state index is -1.06. The molecule has 1 N–H and O–H groups in total. The largest absolute Gasteiger partial charge is 0.496 e. The second-order valence-electron chi connectivity index (χ2n) is 4.73. The van der Waals surface area contributed by atoms with Gasteiger partial charge in [0.2, 0.25) is 0 Å². The van der Waals surface area contributed by atoms with Gasteiger partial charge >= 0.3 is 0 Å². The highest BCUT2D eigenvalue weighted by molar-refractivity contribution is 5.39. The molecule has 2 rings (SSSR count). The lowest BCUT2D eigenvalue weighted by molar-refractivity contribution is -0.109. The number of ether oxygens (including phenoxy) is 2. The van der Waals surface area contributed by atoms with E-state index in [2.05, 4.69) is 0 Å². The predicted molar refractivity (Wildman–Crippen MR) is 66.1 cm³/mol. The lowest BCUT2D eigenvalue weighted by Gasteiger charge is -2.37. The van der Waals surface area contributed by atoms with Crippen molar-refractivity contribution in [3.63, 3.8) is 0 Å². The molecule has 1 heterocycles. The van der Waals surface area contributed by atoms with Crippen LogP contribution in [-0.2, 0) is 10.3 Å². The summed E-state index contributed by atoms with van der Waals surface area (Å²) in [7, 11) is 1.52. The van der Waals surface area contributed by atoms with Crippen LogP contribution in [0.4, 0.5) is 4.39 Å². The number of aliphatic hydroxyl groups is 1. The SMILES string of the molecule is CCC1CC(O)(c2cc(F)ccc2OC)CCO1. The average Bonchev–Trinajstić information content (AvgIpc) is 2.38. The zero-order valence-electron chi connectivity index (χ0n) is 10.8. The monoisotopic (exact) mass is 254 g/mol. The summed E-state index contributed by atoms with van der Waals surface area (Å²) in [5.74, 6) is 0.161. The van der Waals surface area contributed by atoms with Gasteiger partial charge in [-0.1, -0.05) is 6.92 Å². The Morgan fingerprint density at radius 3 is 3.00 bits per heavy atom. The van der Waals surface area contributed by atoms with Crippen molar-refractivity contribution in [1.82, 2.24) is 0 Å². The molecule has 0 amide bonds. The van der Waals surface area contributed by atoms with E-state index < -0.39 is 5.60 Å². The van der Waals surface area contributed by atoms with Gasteiger partial charge in [-0.15, -0.1) is 0 Å². The van der Waals surface area contributed by atoms with Crippen molar-refractivity contribution >= 4 is 0 Å². The van der Waals surface area contributed by atoms with Gasteiger partial charge in [0.05, 0.1) is 25.4 Å². The summed E-state index contributed by atoms with van der Waals surface area (Å²) in [6.07, 6.45) is 1.78. The van der Waals surface area contributed by atoms with Gasteiger partial charge in [-0.2, -0.15) is 0 Å². The standard InChI is InChI=1S/C14H19FO3/c1-3-11-9-14(16,6-7-18-11)12-8-10(15)4-5-13(12)17-2/h4-5,8,11,16H,3,6-7,9H2,1-2H3. The van der Waals surface area contributed by atoms with Crippen LogP contribution < -0.4 is 4.74 Å². The van der Waals surface area contributed by atoms with Gasteiger partial charge in [0.1, 0.15) is 11.6 Å². The summed E-state index contributed by atoms with van der Waals surface area (Å²) in [5.41, 5.74) is -0.543. The molecule has 0 aromatic heterocycles. The minimum absolute atomic E-state index is 0.0109. The number of rotatable bonds is 3. The van der Waals surface area contributed by atoms with Crippen LogP contribution in [0.1, 0.15) is 31.7 Å². The summed E-state index contributed by atoms with van der Waals surface area (Å²) in [5, 5.41) is 10.8. The molecular formula is C14H19FO3. The summed E-state index contributed by atoms with van der Waals surface area (Å²) in [6, 6.07) is 4.25. The van der Waals surface area contributed by atoms with Crippen LogP contribution in [0, 0.1) is 5.82 Å². The van der Waals surface area contributed by atoms with E-state index in [0.29, 0.717) is 30.8 Å². The average molecular weight is 254 g/mol. The van der Waals surface area contributed by atoms with Gasteiger partial charge in [-0.25, -0.2) is 4.39 Å². The highest BCUT2D eigenvalue weighted by atomic mass is 19.1. The number of halogens is 1. The van der Waals surface area contributed by atoms with Crippen LogP contribution in [0.5, 0.6) is 5.75 Å². The predicted octanol–water partition coefficient (Wildman–Crippen LogP) is 2.61. The van der Waals surface area contributed by atoms with Crippen molar-refractivity contribution in [1.29, 1.82) is 0 Å². The van der Waals surface area contributed by atoms with Gasteiger partial charge in [-0.3, -0.25) is 0 Å². The molecule has 0 radical (unpaired) electrons. The van der Waals surface area contributed by atoms with Crippen LogP contribution in [-0.4, -0.2) is 24.9 Å². The number of hydrogen-bond donors (Lipinski definition) is 1. The quantitative estimate of drug-likeness (QED) is 0.901. The second-order valence-corrected chi connectivity index (χ2v) is 4.73. The molecule has 18 heavy (non-hydrogen) atoms. The molecule has 1 aromatic carbocycles. The minimum Gasteiger partial charge on any atom is -0.496 e. The van der Waals surface area contributed by atoms with Gasteiger partial charge in [0, 0.05) is 18.4 Å². The van der Waals surface area contributed by atoms with Crippen LogP contribution in [0.25, 0.3) is 0 Å². The molecule has 1 aliphatic heterocycles. The molecule has 3 nitrogen and oxygen atoms in total. The van der Waals surface area contributed by atoms with E-state index in [-0.39, 0.29) is 11.9 Å². The molecule has 0 bridgehead atoms. The van der Waals surface area contributed by atoms with Crippen molar-refractivity contribution < 1.29 is 19.0 Å².